The van der Waals surface area contributed by atoms with Crippen molar-refractivity contribution in [1.29, 1.82) is 0 Å². The van der Waals surface area contributed by atoms with Crippen LogP contribution >= 0.6 is 23.2 Å². The third-order valence-electron chi connectivity index (χ3n) is 3.87. The summed E-state index contributed by atoms with van der Waals surface area (Å²) in [6, 6.07) is 14.7. The maximum atomic E-state index is 12.4. The Morgan fingerprint density at radius 2 is 1.88 bits per heavy atom. The highest BCUT2D eigenvalue weighted by molar-refractivity contribution is 6.31. The predicted octanol–water partition coefficient (Wildman–Crippen LogP) is 5.37. The number of nitrogens with zero attached hydrogens (tertiary/aromatic N) is 1. The minimum absolute atomic E-state index is 0.214. The van der Waals surface area contributed by atoms with Gasteiger partial charge in [-0.1, -0.05) is 41.4 Å². The molecule has 132 valence electrons. The van der Waals surface area contributed by atoms with Gasteiger partial charge in [0.15, 0.2) is 0 Å². The lowest BCUT2D eigenvalue weighted by atomic mass is 10.2. The number of aromatic nitrogens is 1. The molecule has 0 aliphatic heterocycles. The monoisotopic (exact) mass is 385 g/mol. The number of hydrogen-bond donors (Lipinski definition) is 2. The first-order valence-electron chi connectivity index (χ1n) is 8.03. The van der Waals surface area contributed by atoms with E-state index in [1.54, 1.807) is 18.3 Å². The SMILES string of the molecule is Cc1cc(Cl)ccc1Nc1cncc(C(=O)NCc2ccccc2Cl)c1. The smallest absolute Gasteiger partial charge is 0.253 e. The molecule has 0 aliphatic rings. The lowest BCUT2D eigenvalue weighted by Gasteiger charge is -2.11. The third-order valence-corrected chi connectivity index (χ3v) is 4.47. The van der Waals surface area contributed by atoms with E-state index >= 15 is 0 Å². The third kappa shape index (κ3) is 4.54. The van der Waals surface area contributed by atoms with Crippen LogP contribution in [0.3, 0.4) is 0 Å². The molecular weight excluding hydrogens is 369 g/mol. The number of aryl methyl sites for hydroxylation is 1. The summed E-state index contributed by atoms with van der Waals surface area (Å²) in [7, 11) is 0. The van der Waals surface area contributed by atoms with Gasteiger partial charge in [-0.15, -0.1) is 0 Å². The standard InChI is InChI=1S/C20H17Cl2N3O/c1-13-8-16(21)6-7-19(13)25-17-9-15(10-23-12-17)20(26)24-11-14-4-2-3-5-18(14)22/h2-10,12,25H,11H2,1H3,(H,24,26). The summed E-state index contributed by atoms with van der Waals surface area (Å²) < 4.78 is 0. The Bertz CT molecular complexity index is 944. The summed E-state index contributed by atoms with van der Waals surface area (Å²) in [6.07, 6.45) is 3.20. The number of pyridine rings is 1. The molecule has 3 rings (SSSR count). The van der Waals surface area contributed by atoms with Crippen LogP contribution in [-0.4, -0.2) is 10.9 Å². The molecule has 2 N–H and O–H groups in total. The fourth-order valence-corrected chi connectivity index (χ4v) is 2.90. The van der Waals surface area contributed by atoms with E-state index in [9.17, 15) is 4.79 Å². The van der Waals surface area contributed by atoms with E-state index in [2.05, 4.69) is 15.6 Å². The molecule has 0 bridgehead atoms. The van der Waals surface area contributed by atoms with E-state index < -0.39 is 0 Å². The number of carbonyl (C=O) groups is 1. The Balaban J connectivity index is 1.70. The van der Waals surface area contributed by atoms with Crippen molar-refractivity contribution >= 4 is 40.5 Å². The highest BCUT2D eigenvalue weighted by atomic mass is 35.5. The van der Waals surface area contributed by atoms with Crippen LogP contribution in [0.25, 0.3) is 0 Å². The topological polar surface area (TPSA) is 54.0 Å². The normalized spacial score (nSPS) is 10.4. The first-order chi connectivity index (χ1) is 12.5. The zero-order valence-corrected chi connectivity index (χ0v) is 15.6. The molecule has 1 amide bonds. The minimum atomic E-state index is -0.214. The highest BCUT2D eigenvalue weighted by Gasteiger charge is 2.09. The summed E-state index contributed by atoms with van der Waals surface area (Å²) >= 11 is 12.1. The average Bonchev–Trinajstić information content (AvgIpc) is 2.63. The maximum absolute atomic E-state index is 12.4. The Hall–Kier alpha value is -2.56. The summed E-state index contributed by atoms with van der Waals surface area (Å²) in [5, 5.41) is 7.42. The second-order valence-corrected chi connectivity index (χ2v) is 6.66. The van der Waals surface area contributed by atoms with Crippen molar-refractivity contribution in [2.45, 2.75) is 13.5 Å². The van der Waals surface area contributed by atoms with Gasteiger partial charge in [-0.05, 0) is 48.4 Å². The molecule has 2 aromatic carbocycles. The first kappa shape index (κ1) is 18.2. The van der Waals surface area contributed by atoms with Crippen LogP contribution in [0.15, 0.2) is 60.9 Å². The zero-order chi connectivity index (χ0) is 18.5. The Morgan fingerprint density at radius 1 is 1.08 bits per heavy atom. The predicted molar refractivity (Wildman–Crippen MR) is 106 cm³/mol. The Kier molecular flexibility index (Phi) is 5.76. The second-order valence-electron chi connectivity index (χ2n) is 5.82. The van der Waals surface area contributed by atoms with Gasteiger partial charge in [0, 0.05) is 28.5 Å². The second kappa shape index (κ2) is 8.21. The molecule has 0 saturated heterocycles. The number of benzene rings is 2. The van der Waals surface area contributed by atoms with Gasteiger partial charge < -0.3 is 10.6 Å². The zero-order valence-electron chi connectivity index (χ0n) is 14.1. The molecule has 0 spiro atoms. The van der Waals surface area contributed by atoms with Gasteiger partial charge in [-0.25, -0.2) is 0 Å². The van der Waals surface area contributed by atoms with Gasteiger partial charge in [-0.2, -0.15) is 0 Å². The Labute approximate surface area is 162 Å². The lowest BCUT2D eigenvalue weighted by molar-refractivity contribution is 0.0950. The van der Waals surface area contributed by atoms with Gasteiger partial charge in [0.2, 0.25) is 0 Å². The van der Waals surface area contributed by atoms with Crippen molar-refractivity contribution in [3.05, 3.63) is 87.7 Å². The van der Waals surface area contributed by atoms with E-state index in [4.69, 9.17) is 23.2 Å². The molecule has 0 aliphatic carbocycles. The number of anilines is 2. The number of nitrogens with one attached hydrogen (secondary N) is 2. The minimum Gasteiger partial charge on any atom is -0.354 e. The van der Waals surface area contributed by atoms with Gasteiger partial charge in [-0.3, -0.25) is 9.78 Å². The van der Waals surface area contributed by atoms with Crippen molar-refractivity contribution < 1.29 is 4.79 Å². The molecule has 0 atom stereocenters. The molecule has 3 aromatic rings. The summed E-state index contributed by atoms with van der Waals surface area (Å²) in [6.45, 7) is 2.31. The lowest BCUT2D eigenvalue weighted by Crippen LogP contribution is -2.23. The van der Waals surface area contributed by atoms with Crippen molar-refractivity contribution in [1.82, 2.24) is 10.3 Å². The summed E-state index contributed by atoms with van der Waals surface area (Å²) in [4.78, 5) is 16.6. The highest BCUT2D eigenvalue weighted by Crippen LogP contribution is 2.23. The molecule has 4 nitrogen and oxygen atoms in total. The molecule has 0 saturated carbocycles. The fourth-order valence-electron chi connectivity index (χ4n) is 2.47. The van der Waals surface area contributed by atoms with E-state index in [-0.39, 0.29) is 5.91 Å². The fraction of sp³-hybridized carbons (Fsp3) is 0.100. The molecule has 0 unspecified atom stereocenters. The van der Waals surface area contributed by atoms with Crippen LogP contribution in [0.1, 0.15) is 21.5 Å². The van der Waals surface area contributed by atoms with Crippen LogP contribution in [-0.2, 0) is 6.54 Å². The molecule has 1 aromatic heterocycles. The molecule has 6 heteroatoms. The van der Waals surface area contributed by atoms with Crippen LogP contribution in [0.5, 0.6) is 0 Å². The van der Waals surface area contributed by atoms with Crippen molar-refractivity contribution in [3.8, 4) is 0 Å². The summed E-state index contributed by atoms with van der Waals surface area (Å²) in [5.41, 5.74) is 3.96. The van der Waals surface area contributed by atoms with Crippen molar-refractivity contribution in [3.63, 3.8) is 0 Å². The average molecular weight is 386 g/mol. The van der Waals surface area contributed by atoms with E-state index in [0.29, 0.717) is 22.2 Å². The van der Waals surface area contributed by atoms with E-state index in [0.717, 1.165) is 22.5 Å². The number of hydrogen-bond acceptors (Lipinski definition) is 3. The van der Waals surface area contributed by atoms with Gasteiger partial charge >= 0.3 is 0 Å². The number of halogens is 2. The van der Waals surface area contributed by atoms with Crippen molar-refractivity contribution in [2.24, 2.45) is 0 Å². The van der Waals surface area contributed by atoms with Crippen LogP contribution < -0.4 is 10.6 Å². The first-order valence-corrected chi connectivity index (χ1v) is 8.78. The van der Waals surface area contributed by atoms with E-state index in [1.165, 1.54) is 6.20 Å². The largest absolute Gasteiger partial charge is 0.354 e. The molecule has 0 fully saturated rings. The Morgan fingerprint density at radius 3 is 2.65 bits per heavy atom. The maximum Gasteiger partial charge on any atom is 0.253 e. The molecule has 1 heterocycles. The molecular formula is C20H17Cl2N3O. The van der Waals surface area contributed by atoms with Gasteiger partial charge in [0.05, 0.1) is 17.4 Å². The molecule has 26 heavy (non-hydrogen) atoms. The summed E-state index contributed by atoms with van der Waals surface area (Å²) in [5.74, 6) is -0.214. The number of carbonyl (C=O) groups excluding carboxylic acids is 1. The number of rotatable bonds is 5. The van der Waals surface area contributed by atoms with E-state index in [1.807, 2.05) is 43.3 Å². The van der Waals surface area contributed by atoms with Crippen LogP contribution in [0.2, 0.25) is 10.0 Å². The quantitative estimate of drug-likeness (QED) is 0.620. The number of amides is 1. The van der Waals surface area contributed by atoms with Gasteiger partial charge in [0.1, 0.15) is 0 Å². The van der Waals surface area contributed by atoms with Crippen molar-refractivity contribution in [2.75, 3.05) is 5.32 Å². The van der Waals surface area contributed by atoms with Gasteiger partial charge in [0.25, 0.3) is 5.91 Å². The molecule has 0 radical (unpaired) electrons. The van der Waals surface area contributed by atoms with Crippen LogP contribution in [0, 0.1) is 6.92 Å². The van der Waals surface area contributed by atoms with Crippen LogP contribution in [0.4, 0.5) is 11.4 Å².